The monoisotopic (exact) mass is 494 g/mol. The Bertz CT molecular complexity index is 1410. The first-order valence-corrected chi connectivity index (χ1v) is 10.9. The van der Waals surface area contributed by atoms with Gasteiger partial charge in [0, 0.05) is 29.7 Å². The number of nitrogens with zero attached hydrogens (tertiary/aromatic N) is 3. The van der Waals surface area contributed by atoms with Crippen molar-refractivity contribution in [2.24, 2.45) is 0 Å². The largest absolute Gasteiger partial charge is 0.478 e. The quantitative estimate of drug-likeness (QED) is 0.296. The Morgan fingerprint density at radius 2 is 1.83 bits per heavy atom. The number of carbonyl (C=O) groups is 1. The molecule has 0 fully saturated rings. The molecule has 4 rings (SSSR count). The van der Waals surface area contributed by atoms with Gasteiger partial charge in [0.1, 0.15) is 11.4 Å². The molecule has 0 bridgehead atoms. The molecule has 4 aromatic rings. The summed E-state index contributed by atoms with van der Waals surface area (Å²) in [5.41, 5.74) is 2.78. The van der Waals surface area contributed by atoms with E-state index in [1.165, 1.54) is 6.07 Å². The molecule has 2 N–H and O–H groups in total. The predicted octanol–water partition coefficient (Wildman–Crippen LogP) is 6.66. The van der Waals surface area contributed by atoms with Gasteiger partial charge in [-0.3, -0.25) is 0 Å². The van der Waals surface area contributed by atoms with Crippen molar-refractivity contribution in [3.05, 3.63) is 89.4 Å². The highest BCUT2D eigenvalue weighted by atomic mass is 19.4. The normalized spacial score (nSPS) is 11.2. The fourth-order valence-electron chi connectivity index (χ4n) is 3.59. The van der Waals surface area contributed by atoms with Crippen molar-refractivity contribution in [2.45, 2.75) is 26.4 Å². The minimum Gasteiger partial charge on any atom is -0.478 e. The van der Waals surface area contributed by atoms with Gasteiger partial charge in [-0.1, -0.05) is 13.0 Å². The van der Waals surface area contributed by atoms with E-state index < -0.39 is 17.8 Å². The Kier molecular flexibility index (Phi) is 6.86. The molecular formula is C26H21F3N4O3. The summed E-state index contributed by atoms with van der Waals surface area (Å²) in [5.74, 6) is -0.358. The first-order valence-electron chi connectivity index (χ1n) is 10.9. The molecule has 0 aliphatic carbocycles. The first-order chi connectivity index (χ1) is 17.1. The lowest BCUT2D eigenvalue weighted by Gasteiger charge is -2.12. The van der Waals surface area contributed by atoms with Gasteiger partial charge < -0.3 is 15.2 Å². The molecular weight excluding hydrogens is 473 g/mol. The van der Waals surface area contributed by atoms with Crippen LogP contribution in [0.25, 0.3) is 11.1 Å². The number of aryl methyl sites for hydroxylation is 2. The fraction of sp³-hybridized carbons (Fsp3) is 0.154. The van der Waals surface area contributed by atoms with Crippen molar-refractivity contribution in [2.75, 3.05) is 5.32 Å². The van der Waals surface area contributed by atoms with E-state index in [1.807, 2.05) is 19.9 Å². The lowest BCUT2D eigenvalue weighted by molar-refractivity contribution is -0.141. The van der Waals surface area contributed by atoms with Gasteiger partial charge in [0.05, 0.1) is 5.56 Å². The van der Waals surface area contributed by atoms with E-state index >= 15 is 0 Å². The molecule has 0 radical (unpaired) electrons. The number of carboxylic acid groups (broad SMARTS) is 1. The highest BCUT2D eigenvalue weighted by Crippen LogP contribution is 2.30. The van der Waals surface area contributed by atoms with Gasteiger partial charge >= 0.3 is 12.1 Å². The molecule has 36 heavy (non-hydrogen) atoms. The summed E-state index contributed by atoms with van der Waals surface area (Å²) in [4.78, 5) is 23.1. The van der Waals surface area contributed by atoms with E-state index in [-0.39, 0.29) is 11.5 Å². The van der Waals surface area contributed by atoms with Gasteiger partial charge in [0.15, 0.2) is 0 Å². The molecule has 10 heteroatoms. The van der Waals surface area contributed by atoms with Crippen LogP contribution in [0.15, 0.2) is 67.0 Å². The maximum atomic E-state index is 13.0. The zero-order valence-corrected chi connectivity index (χ0v) is 19.3. The van der Waals surface area contributed by atoms with Crippen molar-refractivity contribution >= 4 is 17.6 Å². The molecule has 0 saturated carbocycles. The fourth-order valence-corrected chi connectivity index (χ4v) is 3.59. The second kappa shape index (κ2) is 10.0. The zero-order chi connectivity index (χ0) is 25.9. The number of hydrogen-bond acceptors (Lipinski definition) is 6. The average molecular weight is 494 g/mol. The second-order valence-corrected chi connectivity index (χ2v) is 7.94. The number of aromatic carboxylic acids is 1. The van der Waals surface area contributed by atoms with Crippen LogP contribution in [0.5, 0.6) is 11.6 Å². The Labute approximate surface area is 204 Å². The lowest BCUT2D eigenvalue weighted by Crippen LogP contribution is -2.10. The number of aromatic nitrogens is 3. The summed E-state index contributed by atoms with van der Waals surface area (Å²) in [5, 5.41) is 12.1. The number of anilines is 2. The van der Waals surface area contributed by atoms with Crippen LogP contribution < -0.4 is 10.1 Å². The van der Waals surface area contributed by atoms with Crippen LogP contribution in [0.2, 0.25) is 0 Å². The molecule has 0 aliphatic heterocycles. The summed E-state index contributed by atoms with van der Waals surface area (Å²) in [6, 6.07) is 14.5. The molecule has 2 heterocycles. The summed E-state index contributed by atoms with van der Waals surface area (Å²) in [6.07, 6.45) is -1.36. The van der Waals surface area contributed by atoms with E-state index in [0.717, 1.165) is 29.0 Å². The van der Waals surface area contributed by atoms with E-state index in [1.54, 1.807) is 42.6 Å². The molecule has 184 valence electrons. The van der Waals surface area contributed by atoms with E-state index in [4.69, 9.17) is 4.74 Å². The van der Waals surface area contributed by atoms with Crippen molar-refractivity contribution in [1.29, 1.82) is 0 Å². The lowest BCUT2D eigenvalue weighted by atomic mass is 10.0. The Hall–Kier alpha value is -4.47. The number of benzene rings is 2. The van der Waals surface area contributed by atoms with Gasteiger partial charge in [0.2, 0.25) is 11.8 Å². The number of pyridine rings is 1. The predicted molar refractivity (Wildman–Crippen MR) is 128 cm³/mol. The third kappa shape index (κ3) is 5.77. The Morgan fingerprint density at radius 1 is 1.03 bits per heavy atom. The Balaban J connectivity index is 1.53. The molecule has 2 aromatic carbocycles. The maximum Gasteiger partial charge on any atom is 0.433 e. The number of rotatable bonds is 7. The van der Waals surface area contributed by atoms with E-state index in [9.17, 15) is 23.1 Å². The average Bonchev–Trinajstić information content (AvgIpc) is 2.83. The summed E-state index contributed by atoms with van der Waals surface area (Å²) in [6.45, 7) is 3.72. The van der Waals surface area contributed by atoms with Crippen LogP contribution in [0.1, 0.15) is 34.1 Å². The van der Waals surface area contributed by atoms with Crippen LogP contribution in [0.4, 0.5) is 24.8 Å². The molecule has 0 spiro atoms. The molecule has 0 unspecified atom stereocenters. The standard InChI is InChI=1S/C26H21F3N4O3/c1-3-16-13-20(5-6-21(16)24(34)35)36-23-7-4-17(14-31-23)18-10-15(2)11-19(12-18)32-25-30-9-8-22(33-25)26(27,28)29/h4-14H,3H2,1-2H3,(H,34,35)(H,30,32,33). The summed E-state index contributed by atoms with van der Waals surface area (Å²) >= 11 is 0. The van der Waals surface area contributed by atoms with Gasteiger partial charge in [-0.15, -0.1) is 0 Å². The molecule has 2 aromatic heterocycles. The van der Waals surface area contributed by atoms with Crippen LogP contribution in [-0.4, -0.2) is 26.0 Å². The number of carboxylic acids is 1. The Morgan fingerprint density at radius 3 is 2.50 bits per heavy atom. The molecule has 0 aliphatic rings. The SMILES string of the molecule is CCc1cc(Oc2ccc(-c3cc(C)cc(Nc4nccc(C(F)(F)F)n4)c3)cn2)ccc1C(=O)O. The van der Waals surface area contributed by atoms with E-state index in [0.29, 0.717) is 29.3 Å². The van der Waals surface area contributed by atoms with Crippen LogP contribution >= 0.6 is 0 Å². The van der Waals surface area contributed by atoms with Gasteiger partial charge in [-0.05, 0) is 72.5 Å². The molecule has 0 atom stereocenters. The minimum atomic E-state index is -4.57. The topological polar surface area (TPSA) is 97.2 Å². The van der Waals surface area contributed by atoms with Crippen LogP contribution in [-0.2, 0) is 12.6 Å². The minimum absolute atomic E-state index is 0.163. The third-order valence-corrected chi connectivity index (χ3v) is 5.26. The van der Waals surface area contributed by atoms with Crippen molar-refractivity contribution < 1.29 is 27.8 Å². The maximum absolute atomic E-state index is 13.0. The van der Waals surface area contributed by atoms with Gasteiger partial charge in [-0.2, -0.15) is 13.2 Å². The summed E-state index contributed by atoms with van der Waals surface area (Å²) in [7, 11) is 0. The molecule has 0 saturated heterocycles. The highest BCUT2D eigenvalue weighted by Gasteiger charge is 2.32. The number of alkyl halides is 3. The molecule has 0 amide bonds. The molecule has 7 nitrogen and oxygen atoms in total. The van der Waals surface area contributed by atoms with Crippen LogP contribution in [0.3, 0.4) is 0 Å². The van der Waals surface area contributed by atoms with Gasteiger partial charge in [-0.25, -0.2) is 19.7 Å². The first kappa shape index (κ1) is 24.6. The number of ether oxygens (including phenoxy) is 1. The number of hydrogen-bond donors (Lipinski definition) is 2. The van der Waals surface area contributed by atoms with E-state index in [2.05, 4.69) is 20.3 Å². The smallest absolute Gasteiger partial charge is 0.433 e. The highest BCUT2D eigenvalue weighted by molar-refractivity contribution is 5.89. The summed E-state index contributed by atoms with van der Waals surface area (Å²) < 4.78 is 44.7. The van der Waals surface area contributed by atoms with Crippen molar-refractivity contribution in [3.8, 4) is 22.8 Å². The third-order valence-electron chi connectivity index (χ3n) is 5.26. The number of halogens is 3. The van der Waals surface area contributed by atoms with Crippen molar-refractivity contribution in [3.63, 3.8) is 0 Å². The van der Waals surface area contributed by atoms with Gasteiger partial charge in [0.25, 0.3) is 0 Å². The van der Waals surface area contributed by atoms with Crippen LogP contribution in [0, 0.1) is 6.92 Å². The number of nitrogens with one attached hydrogen (secondary N) is 1. The van der Waals surface area contributed by atoms with Crippen molar-refractivity contribution in [1.82, 2.24) is 15.0 Å². The second-order valence-electron chi connectivity index (χ2n) is 7.94. The zero-order valence-electron chi connectivity index (χ0n) is 19.3.